The Bertz CT molecular complexity index is 856. The van der Waals surface area contributed by atoms with Gasteiger partial charge >= 0.3 is 0 Å². The SMILES string of the molecule is COC[C@@]1(O)CC[C@H]2[C@H](CC[C@@H]3[C@@H]2CC[C@]2(C)[C@@H](C(CO)(CO)COCc4ccccc4)CC[C@@H]32)C1. The molecule has 1 aromatic carbocycles. The minimum absolute atomic E-state index is 0.0257. The monoisotopic (exact) mass is 500 g/mol. The number of benzene rings is 1. The third-order valence-corrected chi connectivity index (χ3v) is 11.4. The van der Waals surface area contributed by atoms with Crippen LogP contribution in [0.5, 0.6) is 0 Å². The van der Waals surface area contributed by atoms with Crippen molar-refractivity contribution in [3.8, 4) is 0 Å². The van der Waals surface area contributed by atoms with Crippen molar-refractivity contribution in [2.24, 2.45) is 46.3 Å². The largest absolute Gasteiger partial charge is 0.396 e. The Balaban J connectivity index is 1.28. The predicted octanol–water partition coefficient (Wildman–Crippen LogP) is 4.82. The highest BCUT2D eigenvalue weighted by Crippen LogP contribution is 2.67. The molecule has 8 atom stereocenters. The Morgan fingerprint density at radius 3 is 2.39 bits per heavy atom. The normalized spacial score (nSPS) is 40.4. The molecule has 0 aromatic heterocycles. The van der Waals surface area contributed by atoms with Gasteiger partial charge in [0.25, 0.3) is 0 Å². The molecule has 36 heavy (non-hydrogen) atoms. The van der Waals surface area contributed by atoms with Gasteiger partial charge in [-0.25, -0.2) is 0 Å². The third kappa shape index (κ3) is 4.68. The Morgan fingerprint density at radius 1 is 0.917 bits per heavy atom. The fraction of sp³-hybridized carbons (Fsp3) is 0.806. The lowest BCUT2D eigenvalue weighted by molar-refractivity contribution is -0.143. The summed E-state index contributed by atoms with van der Waals surface area (Å²) in [5.41, 5.74) is 0.0385. The standard InChI is InChI=1S/C31H48O5/c1-29-14-12-25-24-13-15-31(34,21-35-2)16-23(24)8-9-26(25)27(29)10-11-28(29)30(18-32,19-33)20-36-17-22-6-4-3-5-7-22/h3-7,23-28,32-34H,8-21H2,1-2H3/t23-,24+,25-,26-,27+,28+,29+,31-/m1/s1. The van der Waals surface area contributed by atoms with Crippen LogP contribution in [0.25, 0.3) is 0 Å². The van der Waals surface area contributed by atoms with Crippen molar-refractivity contribution in [1.29, 1.82) is 0 Å². The van der Waals surface area contributed by atoms with E-state index in [0.29, 0.717) is 31.7 Å². The van der Waals surface area contributed by atoms with E-state index in [1.807, 2.05) is 18.2 Å². The maximum atomic E-state index is 11.0. The fourth-order valence-electron chi connectivity index (χ4n) is 9.78. The molecule has 0 aliphatic heterocycles. The van der Waals surface area contributed by atoms with Crippen LogP contribution in [0, 0.1) is 46.3 Å². The third-order valence-electron chi connectivity index (χ3n) is 11.4. The first-order chi connectivity index (χ1) is 17.4. The second-order valence-corrected chi connectivity index (χ2v) is 13.2. The van der Waals surface area contributed by atoms with Crippen molar-refractivity contribution in [3.63, 3.8) is 0 Å². The highest BCUT2D eigenvalue weighted by atomic mass is 16.5. The summed E-state index contributed by atoms with van der Waals surface area (Å²) in [5, 5.41) is 32.3. The van der Waals surface area contributed by atoms with Gasteiger partial charge in [0, 0.05) is 12.5 Å². The highest BCUT2D eigenvalue weighted by molar-refractivity contribution is 5.14. The molecule has 0 saturated heterocycles. The molecule has 0 amide bonds. The predicted molar refractivity (Wildman–Crippen MR) is 140 cm³/mol. The van der Waals surface area contributed by atoms with E-state index >= 15 is 0 Å². The van der Waals surface area contributed by atoms with Crippen LogP contribution in [0.4, 0.5) is 0 Å². The lowest BCUT2D eigenvalue weighted by Gasteiger charge is -2.58. The summed E-state index contributed by atoms with van der Waals surface area (Å²) in [5.74, 6) is 3.80. The number of methoxy groups -OCH3 is 1. The number of ether oxygens (including phenoxy) is 2. The van der Waals surface area contributed by atoms with E-state index in [0.717, 1.165) is 49.0 Å². The zero-order valence-corrected chi connectivity index (χ0v) is 22.4. The first-order valence-electron chi connectivity index (χ1n) is 14.4. The molecule has 3 N–H and O–H groups in total. The summed E-state index contributed by atoms with van der Waals surface area (Å²) in [6, 6.07) is 10.2. The Kier molecular flexibility index (Phi) is 7.87. The van der Waals surface area contributed by atoms with Crippen molar-refractivity contribution in [3.05, 3.63) is 35.9 Å². The van der Waals surface area contributed by atoms with Crippen molar-refractivity contribution in [2.45, 2.75) is 76.9 Å². The second kappa shape index (κ2) is 10.6. The Morgan fingerprint density at radius 2 is 1.67 bits per heavy atom. The van der Waals surface area contributed by atoms with Crippen LogP contribution >= 0.6 is 0 Å². The summed E-state index contributed by atoms with van der Waals surface area (Å²) in [4.78, 5) is 0. The van der Waals surface area contributed by atoms with Gasteiger partial charge in [-0.2, -0.15) is 0 Å². The summed E-state index contributed by atoms with van der Waals surface area (Å²) in [6.07, 6.45) is 10.1. The van der Waals surface area contributed by atoms with E-state index < -0.39 is 11.0 Å². The molecule has 0 heterocycles. The van der Waals surface area contributed by atoms with E-state index in [2.05, 4.69) is 19.1 Å². The zero-order chi connectivity index (χ0) is 25.4. The molecule has 5 heteroatoms. The number of aliphatic hydroxyl groups is 3. The molecule has 4 aliphatic rings. The molecule has 4 aliphatic carbocycles. The Labute approximate surface area is 217 Å². The molecule has 0 bridgehead atoms. The number of fused-ring (bicyclic) bond motifs is 5. The molecule has 0 unspecified atom stereocenters. The van der Waals surface area contributed by atoms with Crippen molar-refractivity contribution in [2.75, 3.05) is 33.5 Å². The summed E-state index contributed by atoms with van der Waals surface area (Å²) in [7, 11) is 1.70. The molecule has 4 fully saturated rings. The minimum atomic E-state index is -0.633. The molecular formula is C31H48O5. The van der Waals surface area contributed by atoms with E-state index in [1.54, 1.807) is 7.11 Å². The topological polar surface area (TPSA) is 79.2 Å². The molecule has 5 nitrogen and oxygen atoms in total. The van der Waals surface area contributed by atoms with Crippen molar-refractivity contribution >= 4 is 0 Å². The zero-order valence-electron chi connectivity index (χ0n) is 22.4. The fourth-order valence-corrected chi connectivity index (χ4v) is 9.78. The molecule has 0 radical (unpaired) electrons. The first-order valence-corrected chi connectivity index (χ1v) is 14.4. The van der Waals surface area contributed by atoms with Gasteiger partial charge in [-0.1, -0.05) is 37.3 Å². The van der Waals surface area contributed by atoms with Gasteiger partial charge in [0.15, 0.2) is 0 Å². The molecule has 0 spiro atoms. The number of rotatable bonds is 9. The van der Waals surface area contributed by atoms with Crippen LogP contribution < -0.4 is 0 Å². The summed E-state index contributed by atoms with van der Waals surface area (Å²) < 4.78 is 11.5. The van der Waals surface area contributed by atoms with Crippen LogP contribution in [-0.2, 0) is 16.1 Å². The van der Waals surface area contributed by atoms with E-state index in [1.165, 1.54) is 32.1 Å². The molecular weight excluding hydrogens is 452 g/mol. The van der Waals surface area contributed by atoms with E-state index in [9.17, 15) is 15.3 Å². The average Bonchev–Trinajstić information content (AvgIpc) is 3.25. The van der Waals surface area contributed by atoms with Gasteiger partial charge in [-0.3, -0.25) is 0 Å². The second-order valence-electron chi connectivity index (χ2n) is 13.2. The van der Waals surface area contributed by atoms with E-state index in [-0.39, 0.29) is 24.5 Å². The summed E-state index contributed by atoms with van der Waals surface area (Å²) in [6.45, 7) is 3.79. The maximum absolute atomic E-state index is 11.0. The molecule has 1 aromatic rings. The van der Waals surface area contributed by atoms with Crippen molar-refractivity contribution < 1.29 is 24.8 Å². The van der Waals surface area contributed by atoms with Crippen LogP contribution in [0.3, 0.4) is 0 Å². The first kappa shape index (κ1) is 26.6. The average molecular weight is 501 g/mol. The van der Waals surface area contributed by atoms with Gasteiger partial charge in [0.05, 0.1) is 38.6 Å². The lowest BCUT2D eigenvalue weighted by Crippen LogP contribution is -2.54. The molecule has 5 rings (SSSR count). The molecule has 202 valence electrons. The quantitative estimate of drug-likeness (QED) is 0.453. The maximum Gasteiger partial charge on any atom is 0.0882 e. The van der Waals surface area contributed by atoms with Crippen LogP contribution in [-0.4, -0.2) is 54.5 Å². The van der Waals surface area contributed by atoms with Gasteiger partial charge in [0.1, 0.15) is 0 Å². The number of aliphatic hydroxyl groups excluding tert-OH is 2. The summed E-state index contributed by atoms with van der Waals surface area (Å²) >= 11 is 0. The van der Waals surface area contributed by atoms with Gasteiger partial charge in [-0.05, 0) is 104 Å². The van der Waals surface area contributed by atoms with Gasteiger partial charge < -0.3 is 24.8 Å². The lowest BCUT2D eigenvalue weighted by atomic mass is 9.47. The van der Waals surface area contributed by atoms with Crippen LogP contribution in [0.1, 0.15) is 70.3 Å². The van der Waals surface area contributed by atoms with Crippen molar-refractivity contribution in [1.82, 2.24) is 0 Å². The minimum Gasteiger partial charge on any atom is -0.396 e. The Hall–Kier alpha value is -0.980. The smallest absolute Gasteiger partial charge is 0.0882 e. The van der Waals surface area contributed by atoms with Gasteiger partial charge in [-0.15, -0.1) is 0 Å². The van der Waals surface area contributed by atoms with Gasteiger partial charge in [0.2, 0.25) is 0 Å². The number of hydrogen-bond acceptors (Lipinski definition) is 5. The number of hydrogen-bond donors (Lipinski definition) is 3. The molecule has 4 saturated carbocycles. The van der Waals surface area contributed by atoms with E-state index in [4.69, 9.17) is 9.47 Å². The van der Waals surface area contributed by atoms with Crippen LogP contribution in [0.15, 0.2) is 30.3 Å². The highest BCUT2D eigenvalue weighted by Gasteiger charge is 2.61. The van der Waals surface area contributed by atoms with Crippen LogP contribution in [0.2, 0.25) is 0 Å².